The number of imide groups is 1. The van der Waals surface area contributed by atoms with Crippen molar-refractivity contribution < 1.29 is 18.8 Å². The molecule has 30 heavy (non-hydrogen) atoms. The number of nitrogens with one attached hydrogen (secondary N) is 1. The first-order valence-corrected chi connectivity index (χ1v) is 10.6. The maximum atomic E-state index is 12.6. The molecule has 0 radical (unpaired) electrons. The number of furan rings is 1. The third-order valence-corrected chi connectivity index (χ3v) is 5.64. The lowest BCUT2D eigenvalue weighted by Gasteiger charge is -2.12. The average Bonchev–Trinajstić information content (AvgIpc) is 3.29. The van der Waals surface area contributed by atoms with Gasteiger partial charge < -0.3 is 9.73 Å². The first-order valence-electron chi connectivity index (χ1n) is 8.95. The Morgan fingerprint density at radius 1 is 1.07 bits per heavy atom. The Morgan fingerprint density at radius 3 is 2.63 bits per heavy atom. The van der Waals surface area contributed by atoms with E-state index in [-0.39, 0.29) is 11.4 Å². The van der Waals surface area contributed by atoms with E-state index in [1.807, 2.05) is 30.3 Å². The number of carbonyl (C=O) groups is 3. The standard InChI is InChI=1S/C22H15BrN2O4S/c23-15-6-4-5-14(11-15)18-10-9-17(29-18)12-19-21(27)25(22(28)30-19)13-20(26)24-16-7-2-1-3-8-16/h1-12H,13H2,(H,24,26)/b19-12-. The normalized spacial score (nSPS) is 15.1. The second-order valence-corrected chi connectivity index (χ2v) is 8.30. The third kappa shape index (κ3) is 4.55. The van der Waals surface area contributed by atoms with Gasteiger partial charge in [-0.05, 0) is 48.2 Å². The minimum atomic E-state index is -0.520. The van der Waals surface area contributed by atoms with Gasteiger partial charge in [-0.3, -0.25) is 19.3 Å². The molecule has 1 N–H and O–H groups in total. The zero-order valence-electron chi connectivity index (χ0n) is 15.5. The van der Waals surface area contributed by atoms with Crippen LogP contribution in [0.5, 0.6) is 0 Å². The average molecular weight is 483 g/mol. The molecule has 3 amide bonds. The van der Waals surface area contributed by atoms with E-state index in [9.17, 15) is 14.4 Å². The van der Waals surface area contributed by atoms with Crippen molar-refractivity contribution in [1.29, 1.82) is 0 Å². The molecule has 1 aliphatic rings. The van der Waals surface area contributed by atoms with E-state index in [1.54, 1.807) is 36.4 Å². The minimum Gasteiger partial charge on any atom is -0.457 e. The highest BCUT2D eigenvalue weighted by atomic mass is 79.9. The van der Waals surface area contributed by atoms with E-state index in [2.05, 4.69) is 21.2 Å². The number of para-hydroxylation sites is 1. The number of hydrogen-bond donors (Lipinski definition) is 1. The summed E-state index contributed by atoms with van der Waals surface area (Å²) in [6.07, 6.45) is 1.52. The van der Waals surface area contributed by atoms with E-state index in [0.29, 0.717) is 17.2 Å². The van der Waals surface area contributed by atoms with Gasteiger partial charge in [-0.1, -0.05) is 46.3 Å². The van der Waals surface area contributed by atoms with Crippen LogP contribution in [-0.2, 0) is 9.59 Å². The molecule has 0 saturated carbocycles. The molecule has 4 rings (SSSR count). The van der Waals surface area contributed by atoms with Crippen LogP contribution >= 0.6 is 27.7 Å². The van der Waals surface area contributed by atoms with E-state index in [0.717, 1.165) is 26.7 Å². The number of hydrogen-bond acceptors (Lipinski definition) is 5. The molecule has 2 aromatic carbocycles. The van der Waals surface area contributed by atoms with Gasteiger partial charge in [0.2, 0.25) is 5.91 Å². The number of nitrogens with zero attached hydrogens (tertiary/aromatic N) is 1. The summed E-state index contributed by atoms with van der Waals surface area (Å²) >= 11 is 4.20. The van der Waals surface area contributed by atoms with Gasteiger partial charge in [0.1, 0.15) is 18.1 Å². The van der Waals surface area contributed by atoms with Crippen molar-refractivity contribution in [2.45, 2.75) is 0 Å². The van der Waals surface area contributed by atoms with Gasteiger partial charge in [0.05, 0.1) is 4.91 Å². The highest BCUT2D eigenvalue weighted by Crippen LogP contribution is 2.33. The van der Waals surface area contributed by atoms with Gasteiger partial charge in [0.15, 0.2) is 0 Å². The maximum absolute atomic E-state index is 12.6. The van der Waals surface area contributed by atoms with Crippen LogP contribution in [0, 0.1) is 0 Å². The molecule has 0 aliphatic carbocycles. The number of thioether (sulfide) groups is 1. The van der Waals surface area contributed by atoms with Gasteiger partial charge in [-0.2, -0.15) is 0 Å². The van der Waals surface area contributed by atoms with Crippen molar-refractivity contribution >= 4 is 56.5 Å². The van der Waals surface area contributed by atoms with Gasteiger partial charge in [0.25, 0.3) is 11.1 Å². The van der Waals surface area contributed by atoms with Crippen LogP contribution in [0.25, 0.3) is 17.4 Å². The molecule has 0 bridgehead atoms. The Balaban J connectivity index is 1.46. The topological polar surface area (TPSA) is 79.6 Å². The van der Waals surface area contributed by atoms with Crippen LogP contribution in [0.15, 0.2) is 80.5 Å². The summed E-state index contributed by atoms with van der Waals surface area (Å²) in [5, 5.41) is 2.17. The van der Waals surface area contributed by atoms with Crippen LogP contribution in [-0.4, -0.2) is 28.5 Å². The lowest BCUT2D eigenvalue weighted by Crippen LogP contribution is -2.36. The summed E-state index contributed by atoms with van der Waals surface area (Å²) in [6.45, 7) is -0.349. The Kier molecular flexibility index (Phi) is 5.87. The van der Waals surface area contributed by atoms with Crippen molar-refractivity contribution in [2.24, 2.45) is 0 Å². The predicted octanol–water partition coefficient (Wildman–Crippen LogP) is 5.38. The molecule has 3 aromatic rings. The molecule has 0 atom stereocenters. The lowest BCUT2D eigenvalue weighted by atomic mass is 10.2. The number of benzene rings is 2. The lowest BCUT2D eigenvalue weighted by molar-refractivity contribution is -0.127. The van der Waals surface area contributed by atoms with Crippen molar-refractivity contribution in [3.05, 3.63) is 81.9 Å². The quantitative estimate of drug-likeness (QED) is 0.493. The molecule has 8 heteroatoms. The van der Waals surface area contributed by atoms with Crippen molar-refractivity contribution in [1.82, 2.24) is 4.90 Å². The van der Waals surface area contributed by atoms with Crippen LogP contribution in [0.3, 0.4) is 0 Å². The minimum absolute atomic E-state index is 0.211. The molecule has 1 fully saturated rings. The molecule has 2 heterocycles. The number of anilines is 1. The fraction of sp³-hybridized carbons (Fsp3) is 0.0455. The van der Waals surface area contributed by atoms with Gasteiger partial charge in [-0.15, -0.1) is 0 Å². The Bertz CT molecular complexity index is 1160. The largest absolute Gasteiger partial charge is 0.457 e. The number of carbonyl (C=O) groups excluding carboxylic acids is 3. The summed E-state index contributed by atoms with van der Waals surface area (Å²) in [5.74, 6) is 0.126. The van der Waals surface area contributed by atoms with E-state index in [4.69, 9.17) is 4.42 Å². The molecular formula is C22H15BrN2O4S. The van der Waals surface area contributed by atoms with Gasteiger partial charge in [-0.25, -0.2) is 0 Å². The summed E-state index contributed by atoms with van der Waals surface area (Å²) in [4.78, 5) is 38.2. The van der Waals surface area contributed by atoms with E-state index < -0.39 is 17.1 Å². The summed E-state index contributed by atoms with van der Waals surface area (Å²) in [7, 11) is 0. The predicted molar refractivity (Wildman–Crippen MR) is 120 cm³/mol. The second-order valence-electron chi connectivity index (χ2n) is 6.39. The van der Waals surface area contributed by atoms with Crippen LogP contribution in [0.4, 0.5) is 10.5 Å². The van der Waals surface area contributed by atoms with E-state index in [1.165, 1.54) is 6.08 Å². The maximum Gasteiger partial charge on any atom is 0.294 e. The summed E-state index contributed by atoms with van der Waals surface area (Å²) in [6, 6.07) is 20.0. The summed E-state index contributed by atoms with van der Waals surface area (Å²) in [5.41, 5.74) is 1.48. The molecule has 0 unspecified atom stereocenters. The fourth-order valence-electron chi connectivity index (χ4n) is 2.86. The zero-order chi connectivity index (χ0) is 21.1. The fourth-order valence-corrected chi connectivity index (χ4v) is 4.08. The summed E-state index contributed by atoms with van der Waals surface area (Å²) < 4.78 is 6.72. The third-order valence-electron chi connectivity index (χ3n) is 4.24. The number of amides is 3. The molecule has 6 nitrogen and oxygen atoms in total. The molecular weight excluding hydrogens is 468 g/mol. The zero-order valence-corrected chi connectivity index (χ0v) is 17.9. The monoisotopic (exact) mass is 482 g/mol. The number of rotatable bonds is 5. The van der Waals surface area contributed by atoms with Crippen molar-refractivity contribution in [3.8, 4) is 11.3 Å². The first kappa shape index (κ1) is 20.2. The molecule has 150 valence electrons. The van der Waals surface area contributed by atoms with Crippen molar-refractivity contribution in [2.75, 3.05) is 11.9 Å². The van der Waals surface area contributed by atoms with Crippen LogP contribution in [0.1, 0.15) is 5.76 Å². The van der Waals surface area contributed by atoms with Crippen molar-refractivity contribution in [3.63, 3.8) is 0 Å². The van der Waals surface area contributed by atoms with Gasteiger partial charge >= 0.3 is 0 Å². The molecule has 1 aliphatic heterocycles. The highest BCUT2D eigenvalue weighted by molar-refractivity contribution is 9.10. The van der Waals surface area contributed by atoms with Gasteiger partial charge in [0, 0.05) is 21.8 Å². The molecule has 1 aromatic heterocycles. The Morgan fingerprint density at radius 2 is 1.87 bits per heavy atom. The highest BCUT2D eigenvalue weighted by Gasteiger charge is 2.36. The SMILES string of the molecule is O=C(CN1C(=O)S/C(=C\c2ccc(-c3cccc(Br)c3)o2)C1=O)Nc1ccccc1. The smallest absolute Gasteiger partial charge is 0.294 e. The van der Waals surface area contributed by atoms with Crippen LogP contribution in [0.2, 0.25) is 0 Å². The Labute approximate surface area is 185 Å². The molecule has 1 saturated heterocycles. The Hall–Kier alpha value is -3.10. The first-order chi connectivity index (χ1) is 14.5. The number of halogens is 1. The molecule has 0 spiro atoms. The second kappa shape index (κ2) is 8.73. The van der Waals surface area contributed by atoms with E-state index >= 15 is 0 Å². The van der Waals surface area contributed by atoms with Crippen LogP contribution < -0.4 is 5.32 Å².